The molecule has 1 aliphatic heterocycles. The van der Waals surface area contributed by atoms with Crippen molar-refractivity contribution in [3.8, 4) is 0 Å². The molecule has 5 heteroatoms. The van der Waals surface area contributed by atoms with Crippen molar-refractivity contribution in [3.63, 3.8) is 0 Å². The highest BCUT2D eigenvalue weighted by Crippen LogP contribution is 2.33. The molecule has 0 radical (unpaired) electrons. The molecule has 0 saturated carbocycles. The van der Waals surface area contributed by atoms with E-state index in [1.807, 2.05) is 6.92 Å². The Morgan fingerprint density at radius 2 is 1.89 bits per heavy atom. The first-order valence-corrected chi connectivity index (χ1v) is 7.17. The summed E-state index contributed by atoms with van der Waals surface area (Å²) < 4.78 is 0. The lowest BCUT2D eigenvalue weighted by atomic mass is 9.78. The highest BCUT2D eigenvalue weighted by Gasteiger charge is 2.30. The Morgan fingerprint density at radius 3 is 2.32 bits per heavy atom. The van der Waals surface area contributed by atoms with E-state index in [0.29, 0.717) is 11.8 Å². The topological polar surface area (TPSA) is 69.6 Å². The SMILES string of the molecule is CCC(CNC(=O)N1CCC(C)(CC)CC1)C(=O)O. The second-order valence-corrected chi connectivity index (χ2v) is 5.78. The quantitative estimate of drug-likeness (QED) is 0.805. The second kappa shape index (κ2) is 6.78. The predicted molar refractivity (Wildman–Crippen MR) is 74.0 cm³/mol. The zero-order chi connectivity index (χ0) is 14.5. The van der Waals surface area contributed by atoms with Gasteiger partial charge in [0.05, 0.1) is 5.92 Å². The number of carbonyl (C=O) groups is 2. The van der Waals surface area contributed by atoms with Crippen LogP contribution in [0.2, 0.25) is 0 Å². The molecule has 0 aromatic rings. The van der Waals surface area contributed by atoms with Gasteiger partial charge in [0, 0.05) is 19.6 Å². The molecule has 2 N–H and O–H groups in total. The van der Waals surface area contributed by atoms with Crippen LogP contribution in [0.15, 0.2) is 0 Å². The van der Waals surface area contributed by atoms with Crippen LogP contribution in [0.1, 0.15) is 46.5 Å². The normalized spacial score (nSPS) is 19.8. The van der Waals surface area contributed by atoms with Gasteiger partial charge in [-0.2, -0.15) is 0 Å². The molecular formula is C14H26N2O3. The number of hydrogen-bond donors (Lipinski definition) is 2. The van der Waals surface area contributed by atoms with E-state index in [2.05, 4.69) is 19.2 Å². The van der Waals surface area contributed by atoms with Crippen LogP contribution in [0, 0.1) is 11.3 Å². The van der Waals surface area contributed by atoms with Gasteiger partial charge in [-0.3, -0.25) is 4.79 Å². The van der Waals surface area contributed by atoms with Crippen molar-refractivity contribution < 1.29 is 14.7 Å². The number of nitrogens with zero attached hydrogens (tertiary/aromatic N) is 1. The van der Waals surface area contributed by atoms with Crippen molar-refractivity contribution in [2.45, 2.75) is 46.5 Å². The minimum Gasteiger partial charge on any atom is -0.481 e. The third-order valence-corrected chi connectivity index (χ3v) is 4.45. The standard InChI is InChI=1S/C14H26N2O3/c1-4-11(12(17)18)10-15-13(19)16-8-6-14(3,5-2)7-9-16/h11H,4-10H2,1-3H3,(H,15,19)(H,17,18). The number of carbonyl (C=O) groups excluding carboxylic acids is 1. The van der Waals surface area contributed by atoms with Gasteiger partial charge >= 0.3 is 12.0 Å². The Labute approximate surface area is 115 Å². The summed E-state index contributed by atoms with van der Waals surface area (Å²) in [5, 5.41) is 11.7. The Hall–Kier alpha value is -1.26. The summed E-state index contributed by atoms with van der Waals surface area (Å²) in [6.45, 7) is 8.01. The van der Waals surface area contributed by atoms with Crippen LogP contribution in [0.4, 0.5) is 4.79 Å². The van der Waals surface area contributed by atoms with Gasteiger partial charge in [-0.15, -0.1) is 0 Å². The molecule has 0 spiro atoms. The fraction of sp³-hybridized carbons (Fsp3) is 0.857. The molecule has 1 unspecified atom stereocenters. The molecule has 0 bridgehead atoms. The van der Waals surface area contributed by atoms with E-state index in [-0.39, 0.29) is 12.6 Å². The molecule has 2 amide bonds. The Morgan fingerprint density at radius 1 is 1.32 bits per heavy atom. The van der Waals surface area contributed by atoms with Crippen LogP contribution >= 0.6 is 0 Å². The maximum atomic E-state index is 12.0. The van der Waals surface area contributed by atoms with E-state index >= 15 is 0 Å². The lowest BCUT2D eigenvalue weighted by molar-refractivity contribution is -0.141. The summed E-state index contributed by atoms with van der Waals surface area (Å²) in [7, 11) is 0. The summed E-state index contributed by atoms with van der Waals surface area (Å²) in [5.74, 6) is -1.34. The maximum Gasteiger partial charge on any atom is 0.317 e. The molecule has 0 aliphatic carbocycles. The molecule has 1 atom stereocenters. The lowest BCUT2D eigenvalue weighted by Crippen LogP contribution is -2.48. The van der Waals surface area contributed by atoms with Crippen molar-refractivity contribution in [1.82, 2.24) is 10.2 Å². The Bertz CT molecular complexity index is 323. The second-order valence-electron chi connectivity index (χ2n) is 5.78. The van der Waals surface area contributed by atoms with E-state index in [0.717, 1.165) is 32.4 Å². The van der Waals surface area contributed by atoms with E-state index < -0.39 is 11.9 Å². The van der Waals surface area contributed by atoms with Gasteiger partial charge in [0.15, 0.2) is 0 Å². The maximum absolute atomic E-state index is 12.0. The third kappa shape index (κ3) is 4.40. The molecule has 1 fully saturated rings. The van der Waals surface area contributed by atoms with E-state index in [9.17, 15) is 9.59 Å². The first-order valence-electron chi connectivity index (χ1n) is 7.17. The zero-order valence-corrected chi connectivity index (χ0v) is 12.2. The summed E-state index contributed by atoms with van der Waals surface area (Å²) in [6, 6.07) is -0.127. The summed E-state index contributed by atoms with van der Waals surface area (Å²) in [4.78, 5) is 24.6. The number of amides is 2. The van der Waals surface area contributed by atoms with Crippen molar-refractivity contribution in [2.24, 2.45) is 11.3 Å². The number of hydrogen-bond acceptors (Lipinski definition) is 2. The number of rotatable bonds is 5. The molecule has 5 nitrogen and oxygen atoms in total. The Balaban J connectivity index is 2.37. The molecule has 1 heterocycles. The largest absolute Gasteiger partial charge is 0.481 e. The average Bonchev–Trinajstić information content (AvgIpc) is 2.39. The van der Waals surface area contributed by atoms with Gasteiger partial charge < -0.3 is 15.3 Å². The molecular weight excluding hydrogens is 244 g/mol. The predicted octanol–water partition coefficient (Wildman–Crippen LogP) is 2.32. The van der Waals surface area contributed by atoms with E-state index in [1.54, 1.807) is 4.90 Å². The molecule has 1 saturated heterocycles. The average molecular weight is 270 g/mol. The lowest BCUT2D eigenvalue weighted by Gasteiger charge is -2.38. The van der Waals surface area contributed by atoms with Gasteiger partial charge in [0.2, 0.25) is 0 Å². The van der Waals surface area contributed by atoms with Gasteiger partial charge in [0.25, 0.3) is 0 Å². The van der Waals surface area contributed by atoms with Gasteiger partial charge in [-0.1, -0.05) is 27.2 Å². The van der Waals surface area contributed by atoms with E-state index in [1.165, 1.54) is 0 Å². The van der Waals surface area contributed by atoms with Crippen molar-refractivity contribution in [2.75, 3.05) is 19.6 Å². The first kappa shape index (κ1) is 15.8. The van der Waals surface area contributed by atoms with Crippen molar-refractivity contribution >= 4 is 12.0 Å². The van der Waals surface area contributed by atoms with Crippen LogP contribution in [-0.2, 0) is 4.79 Å². The molecule has 0 aromatic carbocycles. The molecule has 0 aromatic heterocycles. The summed E-state index contributed by atoms with van der Waals surface area (Å²) in [6.07, 6.45) is 3.71. The van der Waals surface area contributed by atoms with Gasteiger partial charge in [-0.25, -0.2) is 4.79 Å². The number of carboxylic acid groups (broad SMARTS) is 1. The molecule has 19 heavy (non-hydrogen) atoms. The van der Waals surface area contributed by atoms with Crippen molar-refractivity contribution in [1.29, 1.82) is 0 Å². The van der Waals surface area contributed by atoms with Gasteiger partial charge in [-0.05, 0) is 24.7 Å². The minimum absolute atomic E-state index is 0.127. The number of aliphatic carboxylic acids is 1. The molecule has 1 rings (SSSR count). The smallest absolute Gasteiger partial charge is 0.317 e. The minimum atomic E-state index is -0.847. The third-order valence-electron chi connectivity index (χ3n) is 4.45. The zero-order valence-electron chi connectivity index (χ0n) is 12.2. The first-order chi connectivity index (χ1) is 8.91. The molecule has 110 valence electrons. The summed E-state index contributed by atoms with van der Waals surface area (Å²) >= 11 is 0. The fourth-order valence-corrected chi connectivity index (χ4v) is 2.33. The highest BCUT2D eigenvalue weighted by atomic mass is 16.4. The Kier molecular flexibility index (Phi) is 5.63. The number of likely N-dealkylation sites (tertiary alicyclic amines) is 1. The van der Waals surface area contributed by atoms with Crippen molar-refractivity contribution in [3.05, 3.63) is 0 Å². The number of nitrogens with one attached hydrogen (secondary N) is 1. The van der Waals surface area contributed by atoms with Crippen LogP contribution in [-0.4, -0.2) is 41.6 Å². The number of urea groups is 1. The summed E-state index contributed by atoms with van der Waals surface area (Å²) in [5.41, 5.74) is 0.351. The monoisotopic (exact) mass is 270 g/mol. The van der Waals surface area contributed by atoms with Crippen LogP contribution in [0.5, 0.6) is 0 Å². The molecule has 1 aliphatic rings. The fourth-order valence-electron chi connectivity index (χ4n) is 2.33. The number of carboxylic acids is 1. The van der Waals surface area contributed by atoms with E-state index in [4.69, 9.17) is 5.11 Å². The highest BCUT2D eigenvalue weighted by molar-refractivity contribution is 5.76. The van der Waals surface area contributed by atoms with Crippen LogP contribution in [0.3, 0.4) is 0 Å². The number of piperidine rings is 1. The van der Waals surface area contributed by atoms with Crippen LogP contribution < -0.4 is 5.32 Å². The van der Waals surface area contributed by atoms with Crippen LogP contribution in [0.25, 0.3) is 0 Å². The van der Waals surface area contributed by atoms with Gasteiger partial charge in [0.1, 0.15) is 0 Å².